The molecule has 4 nitrogen and oxygen atoms in total. The Hall–Kier alpha value is -0.850. The highest BCUT2D eigenvalue weighted by Crippen LogP contribution is 2.30. The molecule has 0 saturated carbocycles. The average molecular weight is 226 g/mol. The van der Waals surface area contributed by atoms with Gasteiger partial charge < -0.3 is 5.73 Å². The number of hydrogen-bond acceptors (Lipinski definition) is 6. The Kier molecular flexibility index (Phi) is 2.58. The highest BCUT2D eigenvalue weighted by atomic mass is 32.1. The number of thiazole rings is 1. The Morgan fingerprint density at radius 1 is 1.43 bits per heavy atom. The first kappa shape index (κ1) is 9.70. The molecule has 1 atom stereocenters. The molecule has 0 aliphatic heterocycles. The molecule has 2 N–H and O–H groups in total. The van der Waals surface area contributed by atoms with E-state index < -0.39 is 0 Å². The average Bonchev–Trinajstić information content (AvgIpc) is 2.71. The van der Waals surface area contributed by atoms with E-state index >= 15 is 0 Å². The zero-order valence-corrected chi connectivity index (χ0v) is 9.52. The zero-order valence-electron chi connectivity index (χ0n) is 7.89. The van der Waals surface area contributed by atoms with E-state index in [1.165, 1.54) is 11.3 Å². The first-order valence-electron chi connectivity index (χ1n) is 4.18. The molecule has 0 aromatic carbocycles. The molecule has 0 bridgehead atoms. The second-order valence-corrected chi connectivity index (χ2v) is 4.86. The van der Waals surface area contributed by atoms with Gasteiger partial charge in [-0.1, -0.05) is 11.3 Å². The van der Waals surface area contributed by atoms with Crippen LogP contribution in [0.4, 0.5) is 0 Å². The molecule has 0 amide bonds. The zero-order chi connectivity index (χ0) is 10.1. The van der Waals surface area contributed by atoms with Gasteiger partial charge in [0.15, 0.2) is 5.01 Å². The lowest BCUT2D eigenvalue weighted by Crippen LogP contribution is -2.03. The summed E-state index contributed by atoms with van der Waals surface area (Å²) in [6.45, 7) is 3.88. The van der Waals surface area contributed by atoms with Crippen molar-refractivity contribution in [2.75, 3.05) is 0 Å². The van der Waals surface area contributed by atoms with Crippen LogP contribution in [-0.2, 0) is 0 Å². The second-order valence-electron chi connectivity index (χ2n) is 3.00. The smallest absolute Gasteiger partial charge is 0.159 e. The van der Waals surface area contributed by atoms with Crippen LogP contribution in [0, 0.1) is 6.92 Å². The summed E-state index contributed by atoms with van der Waals surface area (Å²) in [5.41, 5.74) is 8.53. The molecule has 0 spiro atoms. The number of nitrogens with zero attached hydrogens (tertiary/aromatic N) is 3. The van der Waals surface area contributed by atoms with Gasteiger partial charge in [0.1, 0.15) is 5.01 Å². The van der Waals surface area contributed by atoms with Gasteiger partial charge in [0.25, 0.3) is 0 Å². The highest BCUT2D eigenvalue weighted by Gasteiger charge is 2.12. The van der Waals surface area contributed by atoms with E-state index in [4.69, 9.17) is 5.73 Å². The minimum absolute atomic E-state index is 0.0468. The first-order valence-corrected chi connectivity index (χ1v) is 5.87. The van der Waals surface area contributed by atoms with Crippen molar-refractivity contribution < 1.29 is 0 Å². The largest absolute Gasteiger partial charge is 0.322 e. The number of nitrogens with two attached hydrogens (primary N) is 1. The summed E-state index contributed by atoms with van der Waals surface area (Å²) in [5, 5.41) is 9.92. The van der Waals surface area contributed by atoms with Crippen molar-refractivity contribution in [1.82, 2.24) is 15.2 Å². The fourth-order valence-electron chi connectivity index (χ4n) is 1.02. The normalized spacial score (nSPS) is 13.1. The van der Waals surface area contributed by atoms with Crippen LogP contribution < -0.4 is 5.73 Å². The van der Waals surface area contributed by atoms with Gasteiger partial charge >= 0.3 is 0 Å². The minimum atomic E-state index is -0.0468. The number of hydrogen-bond donors (Lipinski definition) is 1. The van der Waals surface area contributed by atoms with Crippen molar-refractivity contribution in [2.24, 2.45) is 5.73 Å². The predicted molar refractivity (Wildman–Crippen MR) is 58.4 cm³/mol. The molecule has 2 aromatic heterocycles. The van der Waals surface area contributed by atoms with Crippen molar-refractivity contribution in [3.05, 3.63) is 16.2 Å². The lowest BCUT2D eigenvalue weighted by atomic mass is 10.4. The van der Waals surface area contributed by atoms with E-state index in [2.05, 4.69) is 15.2 Å². The van der Waals surface area contributed by atoms with Crippen LogP contribution in [-0.4, -0.2) is 15.2 Å². The summed E-state index contributed by atoms with van der Waals surface area (Å²) >= 11 is 3.12. The second kappa shape index (κ2) is 3.72. The molecule has 0 radical (unpaired) electrons. The van der Waals surface area contributed by atoms with Gasteiger partial charge in [0.05, 0.1) is 22.1 Å². The fourth-order valence-corrected chi connectivity index (χ4v) is 2.76. The fraction of sp³-hybridized carbons (Fsp3) is 0.375. The van der Waals surface area contributed by atoms with Gasteiger partial charge in [-0.25, -0.2) is 4.98 Å². The molecule has 6 heteroatoms. The van der Waals surface area contributed by atoms with Gasteiger partial charge in [0, 0.05) is 0 Å². The third kappa shape index (κ3) is 1.68. The number of rotatable bonds is 2. The molecule has 1 unspecified atom stereocenters. The quantitative estimate of drug-likeness (QED) is 0.850. The highest BCUT2D eigenvalue weighted by molar-refractivity contribution is 7.20. The van der Waals surface area contributed by atoms with Crippen LogP contribution in [0.15, 0.2) is 5.51 Å². The molecule has 0 saturated heterocycles. The predicted octanol–water partition coefficient (Wildman–Crippen LogP) is 1.99. The number of aromatic nitrogens is 3. The molecule has 0 aliphatic carbocycles. The van der Waals surface area contributed by atoms with Crippen molar-refractivity contribution in [3.8, 4) is 9.88 Å². The summed E-state index contributed by atoms with van der Waals surface area (Å²) in [6, 6.07) is -0.0468. The maximum absolute atomic E-state index is 5.71. The van der Waals surface area contributed by atoms with Crippen molar-refractivity contribution in [2.45, 2.75) is 19.9 Å². The van der Waals surface area contributed by atoms with Gasteiger partial charge in [-0.15, -0.1) is 21.5 Å². The lowest BCUT2D eigenvalue weighted by molar-refractivity contribution is 0.786. The van der Waals surface area contributed by atoms with Crippen LogP contribution in [0.5, 0.6) is 0 Å². The molecule has 14 heavy (non-hydrogen) atoms. The molecule has 74 valence electrons. The van der Waals surface area contributed by atoms with E-state index in [1.54, 1.807) is 11.3 Å². The minimum Gasteiger partial charge on any atom is -0.322 e. The summed E-state index contributed by atoms with van der Waals surface area (Å²) in [6.07, 6.45) is 0. The third-order valence-electron chi connectivity index (χ3n) is 1.77. The Labute approximate surface area is 89.8 Å². The van der Waals surface area contributed by atoms with E-state index in [-0.39, 0.29) is 6.04 Å². The van der Waals surface area contributed by atoms with E-state index in [0.29, 0.717) is 0 Å². The molecule has 2 heterocycles. The van der Waals surface area contributed by atoms with E-state index in [0.717, 1.165) is 20.6 Å². The maximum Gasteiger partial charge on any atom is 0.159 e. The Morgan fingerprint density at radius 3 is 2.71 bits per heavy atom. The summed E-state index contributed by atoms with van der Waals surface area (Å²) < 4.78 is 0. The van der Waals surface area contributed by atoms with Crippen molar-refractivity contribution >= 4 is 22.7 Å². The SMILES string of the molecule is Cc1ncsc1-c1nnc(C(C)N)s1. The van der Waals surface area contributed by atoms with Crippen LogP contribution in [0.25, 0.3) is 9.88 Å². The topological polar surface area (TPSA) is 64.7 Å². The lowest BCUT2D eigenvalue weighted by Gasteiger charge is -1.94. The van der Waals surface area contributed by atoms with Crippen molar-refractivity contribution in [3.63, 3.8) is 0 Å². The molecular formula is C8H10N4S2. The number of aryl methyl sites for hydroxylation is 1. The van der Waals surface area contributed by atoms with E-state index in [9.17, 15) is 0 Å². The molecule has 0 aliphatic rings. The molecule has 2 rings (SSSR count). The third-order valence-corrected chi connectivity index (χ3v) is 3.98. The summed E-state index contributed by atoms with van der Waals surface area (Å²) in [4.78, 5) is 5.27. The van der Waals surface area contributed by atoms with Gasteiger partial charge in [-0.2, -0.15) is 0 Å². The van der Waals surface area contributed by atoms with Gasteiger partial charge in [-0.05, 0) is 13.8 Å². The molecule has 0 fully saturated rings. The Morgan fingerprint density at radius 2 is 2.21 bits per heavy atom. The van der Waals surface area contributed by atoms with Gasteiger partial charge in [-0.3, -0.25) is 0 Å². The molecular weight excluding hydrogens is 216 g/mol. The Balaban J connectivity index is 2.39. The van der Waals surface area contributed by atoms with Crippen LogP contribution in [0.3, 0.4) is 0 Å². The summed E-state index contributed by atoms with van der Waals surface area (Å²) in [7, 11) is 0. The maximum atomic E-state index is 5.71. The Bertz CT molecular complexity index is 432. The first-order chi connectivity index (χ1) is 6.68. The van der Waals surface area contributed by atoms with Crippen LogP contribution in [0.2, 0.25) is 0 Å². The van der Waals surface area contributed by atoms with Crippen molar-refractivity contribution in [1.29, 1.82) is 0 Å². The van der Waals surface area contributed by atoms with Gasteiger partial charge in [0.2, 0.25) is 0 Å². The van der Waals surface area contributed by atoms with Crippen LogP contribution >= 0.6 is 22.7 Å². The monoisotopic (exact) mass is 226 g/mol. The van der Waals surface area contributed by atoms with E-state index in [1.807, 2.05) is 19.4 Å². The summed E-state index contributed by atoms with van der Waals surface area (Å²) in [5.74, 6) is 0. The standard InChI is InChI=1S/C8H10N4S2/c1-4(9)7-11-12-8(14-7)6-5(2)10-3-13-6/h3-4H,9H2,1-2H3. The molecule has 2 aromatic rings. The van der Waals surface area contributed by atoms with Crippen LogP contribution in [0.1, 0.15) is 23.7 Å².